The van der Waals surface area contributed by atoms with Crippen LogP contribution in [0.3, 0.4) is 0 Å². The van der Waals surface area contributed by atoms with Crippen molar-refractivity contribution in [2.24, 2.45) is 11.8 Å². The number of allylic oxidation sites excluding steroid dienone is 2. The summed E-state index contributed by atoms with van der Waals surface area (Å²) >= 11 is 3.54. The maximum Gasteiger partial charge on any atom is 0.224 e. The number of carbonyl (C=O) groups excluding carboxylic acids is 1. The summed E-state index contributed by atoms with van der Waals surface area (Å²) in [7, 11) is 0. The molecule has 2 rings (SSSR count). The van der Waals surface area contributed by atoms with Crippen LogP contribution < -0.4 is 5.32 Å². The molecule has 0 heterocycles. The molecule has 1 aromatic rings. The van der Waals surface area contributed by atoms with Gasteiger partial charge in [-0.05, 0) is 49.3 Å². The van der Waals surface area contributed by atoms with Gasteiger partial charge in [0.15, 0.2) is 0 Å². The molecule has 22 heavy (non-hydrogen) atoms. The van der Waals surface area contributed by atoms with Crippen molar-refractivity contribution in [3.8, 4) is 6.07 Å². The lowest BCUT2D eigenvalue weighted by Gasteiger charge is -2.27. The van der Waals surface area contributed by atoms with Gasteiger partial charge in [-0.15, -0.1) is 23.5 Å². The third kappa shape index (κ3) is 4.82. The molecule has 116 valence electrons. The second kappa shape index (κ2) is 8.92. The summed E-state index contributed by atoms with van der Waals surface area (Å²) in [6, 6.07) is 10.5. The quantitative estimate of drug-likeness (QED) is 0.490. The van der Waals surface area contributed by atoms with Crippen LogP contribution in [0, 0.1) is 23.2 Å². The first-order valence-corrected chi connectivity index (χ1v) is 9.52. The Morgan fingerprint density at radius 2 is 1.95 bits per heavy atom. The molecule has 5 heteroatoms. The van der Waals surface area contributed by atoms with E-state index in [4.69, 9.17) is 5.26 Å². The van der Waals surface area contributed by atoms with E-state index in [-0.39, 0.29) is 18.4 Å². The summed E-state index contributed by atoms with van der Waals surface area (Å²) in [5, 5.41) is 11.3. The third-order valence-electron chi connectivity index (χ3n) is 3.77. The lowest BCUT2D eigenvalue weighted by Crippen LogP contribution is -2.36. The SMILES string of the molecule is CSc1ccc(SC[C@@H]2CC=CC[C@H]2C(=O)NCC#N)cc1. The lowest BCUT2D eigenvalue weighted by molar-refractivity contribution is -0.126. The minimum atomic E-state index is -0.0173. The molecule has 0 saturated heterocycles. The molecule has 0 bridgehead atoms. The Morgan fingerprint density at radius 1 is 1.27 bits per heavy atom. The molecule has 1 N–H and O–H groups in total. The highest BCUT2D eigenvalue weighted by Crippen LogP contribution is 2.32. The van der Waals surface area contributed by atoms with Crippen LogP contribution in [0.1, 0.15) is 12.8 Å². The minimum Gasteiger partial charge on any atom is -0.343 e. The Morgan fingerprint density at radius 3 is 2.64 bits per heavy atom. The number of hydrogen-bond donors (Lipinski definition) is 1. The normalized spacial score (nSPS) is 20.4. The van der Waals surface area contributed by atoms with E-state index in [0.717, 1.165) is 18.6 Å². The van der Waals surface area contributed by atoms with Gasteiger partial charge < -0.3 is 5.32 Å². The zero-order valence-corrected chi connectivity index (χ0v) is 14.3. The summed E-state index contributed by atoms with van der Waals surface area (Å²) in [4.78, 5) is 14.7. The van der Waals surface area contributed by atoms with Gasteiger partial charge in [-0.25, -0.2) is 0 Å². The fourth-order valence-corrected chi connectivity index (χ4v) is 4.02. The van der Waals surface area contributed by atoms with Gasteiger partial charge >= 0.3 is 0 Å². The van der Waals surface area contributed by atoms with Gasteiger partial charge in [-0.3, -0.25) is 4.79 Å². The van der Waals surface area contributed by atoms with Crippen molar-refractivity contribution in [3.63, 3.8) is 0 Å². The molecule has 3 nitrogen and oxygen atoms in total. The largest absolute Gasteiger partial charge is 0.343 e. The number of carbonyl (C=O) groups is 1. The van der Waals surface area contributed by atoms with Crippen molar-refractivity contribution < 1.29 is 4.79 Å². The first-order valence-electron chi connectivity index (χ1n) is 7.31. The van der Waals surface area contributed by atoms with Crippen LogP contribution in [0.4, 0.5) is 0 Å². The number of nitrogens with one attached hydrogen (secondary N) is 1. The number of amides is 1. The van der Waals surface area contributed by atoms with Crippen molar-refractivity contribution in [1.29, 1.82) is 5.26 Å². The van der Waals surface area contributed by atoms with E-state index in [1.165, 1.54) is 9.79 Å². The van der Waals surface area contributed by atoms with E-state index in [1.807, 2.05) is 6.07 Å². The monoisotopic (exact) mass is 332 g/mol. The number of benzene rings is 1. The third-order valence-corrected chi connectivity index (χ3v) is 5.71. The van der Waals surface area contributed by atoms with Crippen molar-refractivity contribution in [1.82, 2.24) is 5.32 Å². The highest BCUT2D eigenvalue weighted by Gasteiger charge is 2.28. The van der Waals surface area contributed by atoms with Crippen LogP contribution in [0.15, 0.2) is 46.2 Å². The van der Waals surface area contributed by atoms with Crippen LogP contribution >= 0.6 is 23.5 Å². The Balaban J connectivity index is 1.92. The van der Waals surface area contributed by atoms with E-state index in [2.05, 4.69) is 48.0 Å². The van der Waals surface area contributed by atoms with Crippen LogP contribution in [-0.2, 0) is 4.79 Å². The predicted molar refractivity (Wildman–Crippen MR) is 92.9 cm³/mol. The maximum absolute atomic E-state index is 12.2. The summed E-state index contributed by atoms with van der Waals surface area (Å²) in [5.41, 5.74) is 0. The fraction of sp³-hybridized carbons (Fsp3) is 0.412. The molecule has 1 aliphatic rings. The minimum absolute atomic E-state index is 0.00855. The summed E-state index contributed by atoms with van der Waals surface area (Å²) in [6.07, 6.45) is 8.01. The lowest BCUT2D eigenvalue weighted by atomic mass is 9.83. The van der Waals surface area contributed by atoms with Gasteiger partial charge in [0, 0.05) is 21.5 Å². The zero-order chi connectivity index (χ0) is 15.8. The van der Waals surface area contributed by atoms with Gasteiger partial charge in [-0.2, -0.15) is 5.26 Å². The highest BCUT2D eigenvalue weighted by molar-refractivity contribution is 7.99. The smallest absolute Gasteiger partial charge is 0.224 e. The number of nitrogens with zero attached hydrogens (tertiary/aromatic N) is 1. The highest BCUT2D eigenvalue weighted by atomic mass is 32.2. The average Bonchev–Trinajstić information content (AvgIpc) is 2.58. The molecule has 0 fully saturated rings. The van der Waals surface area contributed by atoms with E-state index in [9.17, 15) is 4.79 Å². The van der Waals surface area contributed by atoms with Gasteiger partial charge in [0.25, 0.3) is 0 Å². The average molecular weight is 332 g/mol. The summed E-state index contributed by atoms with van der Waals surface area (Å²) < 4.78 is 0. The molecular weight excluding hydrogens is 312 g/mol. The molecule has 1 aromatic carbocycles. The zero-order valence-electron chi connectivity index (χ0n) is 12.6. The number of hydrogen-bond acceptors (Lipinski definition) is 4. The Bertz CT molecular complexity index is 563. The van der Waals surface area contributed by atoms with Gasteiger partial charge in [-0.1, -0.05) is 12.2 Å². The van der Waals surface area contributed by atoms with Crippen molar-refractivity contribution >= 4 is 29.4 Å². The molecule has 0 spiro atoms. The van der Waals surface area contributed by atoms with E-state index < -0.39 is 0 Å². The standard InChI is InChI=1S/C17H20N2OS2/c1-21-14-6-8-15(9-7-14)22-12-13-4-2-3-5-16(13)17(20)19-11-10-18/h2-3,6-9,13,16H,4-5,11-12H2,1H3,(H,19,20)/t13-,16+/m0/s1. The molecule has 0 unspecified atom stereocenters. The van der Waals surface area contributed by atoms with Crippen LogP contribution in [-0.4, -0.2) is 24.5 Å². The second-order valence-corrected chi connectivity index (χ2v) is 7.14. The van der Waals surface area contributed by atoms with Crippen molar-refractivity contribution in [3.05, 3.63) is 36.4 Å². The van der Waals surface area contributed by atoms with Gasteiger partial charge in [0.2, 0.25) is 5.91 Å². The second-order valence-electron chi connectivity index (χ2n) is 5.17. The Labute approximate surface area is 140 Å². The predicted octanol–water partition coefficient (Wildman–Crippen LogP) is 3.72. The van der Waals surface area contributed by atoms with Gasteiger partial charge in [0.1, 0.15) is 6.54 Å². The van der Waals surface area contributed by atoms with E-state index >= 15 is 0 Å². The van der Waals surface area contributed by atoms with Crippen LogP contribution in [0.2, 0.25) is 0 Å². The molecule has 0 aliphatic heterocycles. The summed E-state index contributed by atoms with van der Waals surface area (Å²) in [6.45, 7) is 0.0923. The maximum atomic E-state index is 12.2. The Hall–Kier alpha value is -1.38. The summed E-state index contributed by atoms with van der Waals surface area (Å²) in [5.74, 6) is 1.24. The molecular formula is C17H20N2OS2. The van der Waals surface area contributed by atoms with Crippen molar-refractivity contribution in [2.45, 2.75) is 22.6 Å². The molecule has 0 saturated carbocycles. The molecule has 1 amide bonds. The molecule has 0 aromatic heterocycles. The van der Waals surface area contributed by atoms with Crippen molar-refractivity contribution in [2.75, 3.05) is 18.6 Å². The van der Waals surface area contributed by atoms with Gasteiger partial charge in [0.05, 0.1) is 6.07 Å². The Kier molecular flexibility index (Phi) is 6.88. The molecule has 1 aliphatic carbocycles. The molecule has 2 atom stereocenters. The topological polar surface area (TPSA) is 52.9 Å². The van der Waals surface area contributed by atoms with Crippen LogP contribution in [0.25, 0.3) is 0 Å². The number of nitriles is 1. The molecule has 0 radical (unpaired) electrons. The van der Waals surface area contributed by atoms with E-state index in [1.54, 1.807) is 23.5 Å². The first-order chi connectivity index (χ1) is 10.7. The fourth-order valence-electron chi connectivity index (χ4n) is 2.51. The van der Waals surface area contributed by atoms with Crippen LogP contribution in [0.5, 0.6) is 0 Å². The number of thioether (sulfide) groups is 2. The van der Waals surface area contributed by atoms with E-state index in [0.29, 0.717) is 5.92 Å². The number of rotatable bonds is 6. The first kappa shape index (κ1) is 17.0.